The molecule has 0 spiro atoms. The van der Waals surface area contributed by atoms with Crippen LogP contribution in [-0.4, -0.2) is 45.3 Å². The zero-order valence-electron chi connectivity index (χ0n) is 8.24. The normalized spacial score (nSPS) is 18.1. The Bertz CT molecular complexity index is 413. The third kappa shape index (κ3) is 2.63. The van der Waals surface area contributed by atoms with Crippen molar-refractivity contribution >= 4 is 46.4 Å². The summed E-state index contributed by atoms with van der Waals surface area (Å²) in [6, 6.07) is 8.34. The summed E-state index contributed by atoms with van der Waals surface area (Å²) in [5.74, 6) is 0.192. The zero-order chi connectivity index (χ0) is 10.8. The van der Waals surface area contributed by atoms with E-state index in [2.05, 4.69) is 32.2 Å². The molecule has 2 rings (SSSR count). The van der Waals surface area contributed by atoms with E-state index in [4.69, 9.17) is 0 Å². The molecule has 0 saturated carbocycles. The van der Waals surface area contributed by atoms with E-state index >= 15 is 0 Å². The Morgan fingerprint density at radius 2 is 2.07 bits per heavy atom. The topological polar surface area (TPSA) is 20.3 Å². The van der Waals surface area contributed by atoms with Crippen LogP contribution in [0.15, 0.2) is 38.4 Å². The van der Waals surface area contributed by atoms with Gasteiger partial charge in [-0.2, -0.15) is 0 Å². The van der Waals surface area contributed by atoms with Gasteiger partial charge in [-0.3, -0.25) is 0 Å². The van der Waals surface area contributed by atoms with E-state index in [0.29, 0.717) is 0 Å². The van der Waals surface area contributed by atoms with E-state index in [-0.39, 0.29) is 26.8 Å². The molecule has 1 saturated heterocycles. The molecular formula is C11H10BrNOTe. The second kappa shape index (κ2) is 4.69. The number of carbonyl (C=O) groups is 1. The number of likely N-dealkylation sites (tertiary alicyclic amines) is 1. The van der Waals surface area contributed by atoms with Crippen LogP contribution < -0.4 is 3.61 Å². The summed E-state index contributed by atoms with van der Waals surface area (Å²) in [5.41, 5.74) is 0.989. The second-order valence-electron chi connectivity index (χ2n) is 3.38. The summed E-state index contributed by atoms with van der Waals surface area (Å²) in [6.45, 7) is 0.820. The minimum absolute atomic E-state index is 0.192. The standard InChI is InChI=1S/C11H10BrNOTe/c1-13-6-8(11(13)14)7-15-10-4-2-9(12)3-5-10/h2-5,7H,6H2,1H3/b8-7+. The third-order valence-corrected chi connectivity index (χ3v) is 5.41. The van der Waals surface area contributed by atoms with Gasteiger partial charge in [0.1, 0.15) is 0 Å². The molecule has 78 valence electrons. The molecule has 15 heavy (non-hydrogen) atoms. The fourth-order valence-corrected chi connectivity index (χ4v) is 3.68. The monoisotopic (exact) mass is 381 g/mol. The maximum absolute atomic E-state index is 11.3. The van der Waals surface area contributed by atoms with Gasteiger partial charge in [-0.05, 0) is 0 Å². The van der Waals surface area contributed by atoms with Gasteiger partial charge in [0.2, 0.25) is 0 Å². The molecule has 0 radical (unpaired) electrons. The average Bonchev–Trinajstić information content (AvgIpc) is 2.26. The van der Waals surface area contributed by atoms with Crippen LogP contribution in [0, 0.1) is 0 Å². The van der Waals surface area contributed by atoms with Crippen molar-refractivity contribution in [2.45, 2.75) is 0 Å². The van der Waals surface area contributed by atoms with Crippen LogP contribution in [0.5, 0.6) is 0 Å². The number of hydrogen-bond donors (Lipinski definition) is 0. The molecule has 0 N–H and O–H groups in total. The van der Waals surface area contributed by atoms with Gasteiger partial charge in [-0.15, -0.1) is 0 Å². The molecular weight excluding hydrogens is 370 g/mol. The molecule has 1 aromatic rings. The van der Waals surface area contributed by atoms with Gasteiger partial charge in [0.25, 0.3) is 0 Å². The van der Waals surface area contributed by atoms with Gasteiger partial charge < -0.3 is 0 Å². The van der Waals surface area contributed by atoms with Gasteiger partial charge in [-0.25, -0.2) is 0 Å². The van der Waals surface area contributed by atoms with Crippen molar-refractivity contribution in [3.63, 3.8) is 0 Å². The Morgan fingerprint density at radius 3 is 2.60 bits per heavy atom. The number of halogens is 1. The van der Waals surface area contributed by atoms with Gasteiger partial charge in [0.15, 0.2) is 0 Å². The van der Waals surface area contributed by atoms with E-state index in [1.54, 1.807) is 4.90 Å². The minimum atomic E-state index is -0.339. The van der Waals surface area contributed by atoms with Gasteiger partial charge >= 0.3 is 108 Å². The van der Waals surface area contributed by atoms with Crippen LogP contribution in [0.1, 0.15) is 0 Å². The molecule has 1 heterocycles. The maximum atomic E-state index is 11.3. The molecule has 0 atom stereocenters. The number of β-lactam (4-membered cyclic amide) rings is 1. The molecule has 1 aromatic carbocycles. The zero-order valence-corrected chi connectivity index (χ0v) is 12.2. The van der Waals surface area contributed by atoms with Gasteiger partial charge in [0.05, 0.1) is 0 Å². The van der Waals surface area contributed by atoms with E-state index in [1.807, 2.05) is 19.2 Å². The fraction of sp³-hybridized carbons (Fsp3) is 0.182. The van der Waals surface area contributed by atoms with Crippen LogP contribution in [0.3, 0.4) is 0 Å². The number of benzene rings is 1. The number of carbonyl (C=O) groups excluding carboxylic acids is 1. The molecule has 1 aliphatic rings. The molecule has 0 unspecified atom stereocenters. The van der Waals surface area contributed by atoms with Crippen molar-refractivity contribution in [1.29, 1.82) is 0 Å². The summed E-state index contributed by atoms with van der Waals surface area (Å²) in [7, 11) is 1.83. The number of amides is 1. The first-order valence-corrected chi connectivity index (χ1v) is 7.84. The van der Waals surface area contributed by atoms with Gasteiger partial charge in [0, 0.05) is 0 Å². The van der Waals surface area contributed by atoms with Crippen molar-refractivity contribution in [3.8, 4) is 0 Å². The van der Waals surface area contributed by atoms with E-state index < -0.39 is 0 Å². The molecule has 1 fully saturated rings. The molecule has 2 nitrogen and oxygen atoms in total. The first-order valence-electron chi connectivity index (χ1n) is 4.53. The number of nitrogens with zero attached hydrogens (tertiary/aromatic N) is 1. The van der Waals surface area contributed by atoms with Gasteiger partial charge in [-0.1, -0.05) is 0 Å². The average molecular weight is 380 g/mol. The van der Waals surface area contributed by atoms with Crippen LogP contribution in [0.25, 0.3) is 0 Å². The SMILES string of the molecule is CN1C/C(=C\[Te]c2ccc(Br)cc2)C1=O. The summed E-state index contributed by atoms with van der Waals surface area (Å²) < 4.78 is 4.61. The Hall–Kier alpha value is -0.300. The van der Waals surface area contributed by atoms with Crippen molar-refractivity contribution in [3.05, 3.63) is 38.4 Å². The molecule has 4 heteroatoms. The van der Waals surface area contributed by atoms with Crippen molar-refractivity contribution in [2.24, 2.45) is 0 Å². The Labute approximate surface area is 108 Å². The molecule has 0 aliphatic carbocycles. The van der Waals surface area contributed by atoms with E-state index in [0.717, 1.165) is 16.6 Å². The summed E-state index contributed by atoms with van der Waals surface area (Å²) in [5, 5.41) is 0. The number of rotatable bonds is 2. The van der Waals surface area contributed by atoms with Crippen molar-refractivity contribution in [2.75, 3.05) is 13.6 Å². The Balaban J connectivity index is 1.99. The first-order chi connectivity index (χ1) is 7.16. The summed E-state index contributed by atoms with van der Waals surface area (Å²) >= 11 is 3.07. The molecule has 0 bridgehead atoms. The second-order valence-corrected chi connectivity index (χ2v) is 6.98. The molecule has 1 aliphatic heterocycles. The van der Waals surface area contributed by atoms with Crippen LogP contribution >= 0.6 is 15.9 Å². The van der Waals surface area contributed by atoms with Crippen molar-refractivity contribution in [1.82, 2.24) is 4.90 Å². The summed E-state index contributed by atoms with van der Waals surface area (Å²) in [4.78, 5) is 13.0. The number of likely N-dealkylation sites (N-methyl/N-ethyl adjacent to an activating group) is 1. The van der Waals surface area contributed by atoms with Crippen LogP contribution in [0.4, 0.5) is 0 Å². The first kappa shape index (κ1) is 11.2. The Morgan fingerprint density at radius 1 is 1.40 bits per heavy atom. The predicted molar refractivity (Wildman–Crippen MR) is 65.3 cm³/mol. The van der Waals surface area contributed by atoms with Crippen LogP contribution in [0.2, 0.25) is 0 Å². The Kier molecular flexibility index (Phi) is 3.50. The van der Waals surface area contributed by atoms with Crippen molar-refractivity contribution < 1.29 is 4.79 Å². The van der Waals surface area contributed by atoms with Crippen LogP contribution in [-0.2, 0) is 4.79 Å². The molecule has 0 aromatic heterocycles. The summed E-state index contributed by atoms with van der Waals surface area (Å²) in [6.07, 6.45) is 0. The van der Waals surface area contributed by atoms with E-state index in [1.165, 1.54) is 3.61 Å². The fourth-order valence-electron chi connectivity index (χ4n) is 1.29. The third-order valence-electron chi connectivity index (χ3n) is 2.18. The van der Waals surface area contributed by atoms with E-state index in [9.17, 15) is 4.79 Å². The molecule has 1 amide bonds. The quantitative estimate of drug-likeness (QED) is 0.429. The number of hydrogen-bond acceptors (Lipinski definition) is 1. The predicted octanol–water partition coefficient (Wildman–Crippen LogP) is 1.13.